The Bertz CT molecular complexity index is 477. The summed E-state index contributed by atoms with van der Waals surface area (Å²) in [5.74, 6) is 0.277. The van der Waals surface area contributed by atoms with Gasteiger partial charge >= 0.3 is 0 Å². The van der Waals surface area contributed by atoms with E-state index in [2.05, 4.69) is 54.8 Å². The zero-order valence-corrected chi connectivity index (χ0v) is 14.2. The van der Waals surface area contributed by atoms with Crippen LogP contribution in [0.25, 0.3) is 0 Å². The van der Waals surface area contributed by atoms with Crippen LogP contribution in [0.4, 0.5) is 0 Å². The molecule has 1 amide bonds. The van der Waals surface area contributed by atoms with Gasteiger partial charge < -0.3 is 4.90 Å². The van der Waals surface area contributed by atoms with E-state index in [9.17, 15) is 4.79 Å². The lowest BCUT2D eigenvalue weighted by Gasteiger charge is -2.35. The second-order valence-electron chi connectivity index (χ2n) is 6.11. The van der Waals surface area contributed by atoms with Crippen molar-refractivity contribution in [3.63, 3.8) is 0 Å². The van der Waals surface area contributed by atoms with Crippen molar-refractivity contribution in [3.8, 4) is 0 Å². The monoisotopic (exact) mass is 303 g/mol. The summed E-state index contributed by atoms with van der Waals surface area (Å²) >= 11 is 0. The Morgan fingerprint density at radius 2 is 1.82 bits per heavy atom. The highest BCUT2D eigenvalue weighted by molar-refractivity contribution is 5.78. The predicted molar refractivity (Wildman–Crippen MR) is 90.8 cm³/mol. The van der Waals surface area contributed by atoms with Gasteiger partial charge in [0.15, 0.2) is 0 Å². The molecular formula is C18H29N3O. The Morgan fingerprint density at radius 3 is 2.41 bits per heavy atom. The van der Waals surface area contributed by atoms with Gasteiger partial charge in [-0.2, -0.15) is 0 Å². The third-order valence-corrected chi connectivity index (χ3v) is 4.47. The third kappa shape index (κ3) is 4.82. The SMILES string of the molecule is CCN(CC)CC(=O)N1CCN(Cc2cccc(C)c2)CC1. The summed E-state index contributed by atoms with van der Waals surface area (Å²) in [5.41, 5.74) is 2.67. The summed E-state index contributed by atoms with van der Waals surface area (Å²) in [6.07, 6.45) is 0. The van der Waals surface area contributed by atoms with Crippen molar-refractivity contribution in [1.82, 2.24) is 14.7 Å². The largest absolute Gasteiger partial charge is 0.339 e. The zero-order chi connectivity index (χ0) is 15.9. The standard InChI is InChI=1S/C18H29N3O/c1-4-19(5-2)15-18(22)21-11-9-20(10-12-21)14-17-8-6-7-16(3)13-17/h6-8,13H,4-5,9-12,14-15H2,1-3H3. The Hall–Kier alpha value is -1.39. The second kappa shape index (κ2) is 8.30. The molecular weight excluding hydrogens is 274 g/mol. The Morgan fingerprint density at radius 1 is 1.14 bits per heavy atom. The van der Waals surface area contributed by atoms with Crippen LogP contribution in [-0.4, -0.2) is 66.4 Å². The smallest absolute Gasteiger partial charge is 0.236 e. The molecule has 0 radical (unpaired) electrons. The molecule has 4 heteroatoms. The summed E-state index contributed by atoms with van der Waals surface area (Å²) in [4.78, 5) is 18.9. The number of amides is 1. The number of nitrogens with zero attached hydrogens (tertiary/aromatic N) is 3. The van der Waals surface area contributed by atoms with Crippen molar-refractivity contribution in [1.29, 1.82) is 0 Å². The van der Waals surface area contributed by atoms with Gasteiger partial charge in [-0.1, -0.05) is 43.7 Å². The van der Waals surface area contributed by atoms with Crippen LogP contribution in [0.2, 0.25) is 0 Å². The first-order valence-corrected chi connectivity index (χ1v) is 8.40. The van der Waals surface area contributed by atoms with Crippen molar-refractivity contribution in [2.75, 3.05) is 45.8 Å². The van der Waals surface area contributed by atoms with Crippen LogP contribution in [0.1, 0.15) is 25.0 Å². The van der Waals surface area contributed by atoms with Gasteiger partial charge in [-0.15, -0.1) is 0 Å². The van der Waals surface area contributed by atoms with Crippen LogP contribution < -0.4 is 0 Å². The molecule has 1 saturated heterocycles. The molecule has 0 N–H and O–H groups in total. The van der Waals surface area contributed by atoms with E-state index in [1.165, 1.54) is 11.1 Å². The Labute approximate surface area is 134 Å². The second-order valence-corrected chi connectivity index (χ2v) is 6.11. The molecule has 0 aliphatic carbocycles. The molecule has 1 aromatic carbocycles. The quantitative estimate of drug-likeness (QED) is 0.804. The van der Waals surface area contributed by atoms with Crippen molar-refractivity contribution in [3.05, 3.63) is 35.4 Å². The zero-order valence-electron chi connectivity index (χ0n) is 14.2. The molecule has 0 unspecified atom stereocenters. The normalized spacial score (nSPS) is 16.3. The maximum atomic E-state index is 12.3. The molecule has 0 saturated carbocycles. The minimum Gasteiger partial charge on any atom is -0.339 e. The van der Waals surface area contributed by atoms with Crippen molar-refractivity contribution in [2.45, 2.75) is 27.3 Å². The van der Waals surface area contributed by atoms with Crippen LogP contribution >= 0.6 is 0 Å². The predicted octanol–water partition coefficient (Wildman–Crippen LogP) is 1.98. The van der Waals surface area contributed by atoms with Gasteiger partial charge in [0, 0.05) is 32.7 Å². The summed E-state index contributed by atoms with van der Waals surface area (Å²) in [7, 11) is 0. The molecule has 1 aromatic rings. The van der Waals surface area contributed by atoms with Gasteiger partial charge in [0.1, 0.15) is 0 Å². The number of hydrogen-bond donors (Lipinski definition) is 0. The summed E-state index contributed by atoms with van der Waals surface area (Å²) in [6, 6.07) is 8.69. The average Bonchev–Trinajstić information content (AvgIpc) is 2.53. The molecule has 0 spiro atoms. The highest BCUT2D eigenvalue weighted by atomic mass is 16.2. The van der Waals surface area contributed by atoms with Crippen LogP contribution in [0.5, 0.6) is 0 Å². The van der Waals surface area contributed by atoms with Gasteiger partial charge in [0.2, 0.25) is 5.91 Å². The van der Waals surface area contributed by atoms with E-state index in [-0.39, 0.29) is 5.91 Å². The molecule has 0 bridgehead atoms. The molecule has 0 atom stereocenters. The molecule has 1 aliphatic heterocycles. The van der Waals surface area contributed by atoms with Gasteiger partial charge in [-0.3, -0.25) is 14.6 Å². The van der Waals surface area contributed by atoms with E-state index in [1.807, 2.05) is 4.90 Å². The van der Waals surface area contributed by atoms with Crippen LogP contribution in [0.3, 0.4) is 0 Å². The number of piperazine rings is 1. The fourth-order valence-electron chi connectivity index (χ4n) is 2.96. The minimum atomic E-state index is 0.277. The first-order chi connectivity index (χ1) is 10.6. The molecule has 4 nitrogen and oxygen atoms in total. The maximum Gasteiger partial charge on any atom is 0.236 e. The number of benzene rings is 1. The highest BCUT2D eigenvalue weighted by Crippen LogP contribution is 2.10. The first kappa shape index (κ1) is 17.0. The molecule has 122 valence electrons. The molecule has 22 heavy (non-hydrogen) atoms. The van der Waals surface area contributed by atoms with Gasteiger partial charge in [-0.25, -0.2) is 0 Å². The third-order valence-electron chi connectivity index (χ3n) is 4.47. The van der Waals surface area contributed by atoms with E-state index < -0.39 is 0 Å². The molecule has 1 heterocycles. The van der Waals surface area contributed by atoms with E-state index in [0.29, 0.717) is 6.54 Å². The van der Waals surface area contributed by atoms with Gasteiger partial charge in [0.05, 0.1) is 6.54 Å². The lowest BCUT2D eigenvalue weighted by atomic mass is 10.1. The maximum absolute atomic E-state index is 12.3. The number of aryl methyl sites for hydroxylation is 1. The van der Waals surface area contributed by atoms with Crippen molar-refractivity contribution < 1.29 is 4.79 Å². The summed E-state index contributed by atoms with van der Waals surface area (Å²) < 4.78 is 0. The lowest BCUT2D eigenvalue weighted by Crippen LogP contribution is -2.50. The number of rotatable bonds is 6. The topological polar surface area (TPSA) is 26.8 Å². The minimum absolute atomic E-state index is 0.277. The van der Waals surface area contributed by atoms with Crippen molar-refractivity contribution in [2.24, 2.45) is 0 Å². The first-order valence-electron chi connectivity index (χ1n) is 8.40. The molecule has 0 aromatic heterocycles. The molecule has 1 aliphatic rings. The number of likely N-dealkylation sites (N-methyl/N-ethyl adjacent to an activating group) is 1. The van der Waals surface area contributed by atoms with E-state index in [1.54, 1.807) is 0 Å². The highest BCUT2D eigenvalue weighted by Gasteiger charge is 2.21. The van der Waals surface area contributed by atoms with Gasteiger partial charge in [0.25, 0.3) is 0 Å². The number of carbonyl (C=O) groups excluding carboxylic acids is 1. The summed E-state index contributed by atoms with van der Waals surface area (Å²) in [6.45, 7) is 13.4. The summed E-state index contributed by atoms with van der Waals surface area (Å²) in [5, 5.41) is 0. The van der Waals surface area contributed by atoms with Gasteiger partial charge in [-0.05, 0) is 25.6 Å². The fraction of sp³-hybridized carbons (Fsp3) is 0.611. The average molecular weight is 303 g/mol. The van der Waals surface area contributed by atoms with E-state index >= 15 is 0 Å². The van der Waals surface area contributed by atoms with Crippen molar-refractivity contribution >= 4 is 5.91 Å². The lowest BCUT2D eigenvalue weighted by molar-refractivity contribution is -0.134. The molecule has 2 rings (SSSR count). The van der Waals surface area contributed by atoms with Crippen LogP contribution in [0.15, 0.2) is 24.3 Å². The van der Waals surface area contributed by atoms with E-state index in [0.717, 1.165) is 45.8 Å². The number of hydrogen-bond acceptors (Lipinski definition) is 3. The van der Waals surface area contributed by atoms with Crippen LogP contribution in [-0.2, 0) is 11.3 Å². The van der Waals surface area contributed by atoms with Crippen LogP contribution in [0, 0.1) is 6.92 Å². The number of carbonyl (C=O) groups is 1. The molecule has 1 fully saturated rings. The Kier molecular flexibility index (Phi) is 6.40. The Balaban J connectivity index is 1.79. The fourth-order valence-corrected chi connectivity index (χ4v) is 2.96. The van der Waals surface area contributed by atoms with E-state index in [4.69, 9.17) is 0 Å².